The average Bonchev–Trinajstić information content (AvgIpc) is 3.43. The van der Waals surface area contributed by atoms with E-state index in [-0.39, 0.29) is 30.9 Å². The molecule has 2 amide bonds. The van der Waals surface area contributed by atoms with Gasteiger partial charge in [-0.2, -0.15) is 0 Å². The van der Waals surface area contributed by atoms with E-state index in [2.05, 4.69) is 5.32 Å². The van der Waals surface area contributed by atoms with Gasteiger partial charge in [0.05, 0.1) is 4.88 Å². The van der Waals surface area contributed by atoms with Crippen molar-refractivity contribution in [2.75, 3.05) is 11.9 Å². The number of ether oxygens (including phenoxy) is 3. The number of thiophene rings is 1. The van der Waals surface area contributed by atoms with Crippen LogP contribution >= 0.6 is 11.3 Å². The molecule has 10 heteroatoms. The molecule has 0 bridgehead atoms. The molecule has 1 atom stereocenters. The number of hydrogen-bond donors (Lipinski definition) is 1. The highest BCUT2D eigenvalue weighted by Gasteiger charge is 2.26. The highest BCUT2D eigenvalue weighted by Crippen LogP contribution is 2.27. The molecule has 0 unspecified atom stereocenters. The summed E-state index contributed by atoms with van der Waals surface area (Å²) >= 11 is 1.07. The van der Waals surface area contributed by atoms with Gasteiger partial charge in [-0.25, -0.2) is 9.59 Å². The molecule has 9 nitrogen and oxygen atoms in total. The Morgan fingerprint density at radius 2 is 1.43 bits per heavy atom. The lowest BCUT2D eigenvalue weighted by atomic mass is 10.1. The van der Waals surface area contributed by atoms with Crippen LogP contribution in [-0.4, -0.2) is 42.6 Å². The predicted octanol–water partition coefficient (Wildman–Crippen LogP) is 5.48. The Hall–Kier alpha value is -4.18. The zero-order chi connectivity index (χ0) is 29.1. The van der Waals surface area contributed by atoms with Crippen molar-refractivity contribution in [1.82, 2.24) is 5.32 Å². The van der Waals surface area contributed by atoms with E-state index in [1.54, 1.807) is 40.0 Å². The molecule has 0 saturated heterocycles. The largest absolute Gasteiger partial charge is 0.461 e. The van der Waals surface area contributed by atoms with Gasteiger partial charge in [-0.1, -0.05) is 60.7 Å². The summed E-state index contributed by atoms with van der Waals surface area (Å²) in [5, 5.41) is 3.17. The second-order valence-corrected chi connectivity index (χ2v) is 11.0. The molecule has 0 saturated carbocycles. The molecule has 3 aromatic rings. The van der Waals surface area contributed by atoms with Gasteiger partial charge in [-0.3, -0.25) is 14.5 Å². The maximum Gasteiger partial charge on any atom is 0.415 e. The lowest BCUT2D eigenvalue weighted by Crippen LogP contribution is -2.42. The van der Waals surface area contributed by atoms with Crippen LogP contribution in [0.15, 0.2) is 72.8 Å². The van der Waals surface area contributed by atoms with Crippen molar-refractivity contribution in [3.8, 4) is 0 Å². The maximum atomic E-state index is 13.1. The molecule has 3 rings (SSSR count). The van der Waals surface area contributed by atoms with Crippen LogP contribution in [0.3, 0.4) is 0 Å². The fraction of sp³-hybridized carbons (Fsp3) is 0.333. The number of carbonyl (C=O) groups is 4. The van der Waals surface area contributed by atoms with Crippen LogP contribution in [0, 0.1) is 0 Å². The van der Waals surface area contributed by atoms with E-state index in [9.17, 15) is 19.2 Å². The molecule has 0 aliphatic rings. The van der Waals surface area contributed by atoms with E-state index >= 15 is 0 Å². The Kier molecular flexibility index (Phi) is 10.8. The summed E-state index contributed by atoms with van der Waals surface area (Å²) in [4.78, 5) is 52.4. The van der Waals surface area contributed by atoms with Crippen molar-refractivity contribution >= 4 is 40.3 Å². The summed E-state index contributed by atoms with van der Waals surface area (Å²) in [6, 6.07) is 20.5. The third-order valence-corrected chi connectivity index (χ3v) is 6.67. The van der Waals surface area contributed by atoms with Crippen LogP contribution in [0.1, 0.15) is 54.4 Å². The molecule has 0 fully saturated rings. The van der Waals surface area contributed by atoms with Gasteiger partial charge in [0.25, 0.3) is 5.91 Å². The molecule has 0 aliphatic heterocycles. The van der Waals surface area contributed by atoms with Crippen molar-refractivity contribution in [3.63, 3.8) is 0 Å². The number of rotatable bonds is 11. The smallest absolute Gasteiger partial charge is 0.415 e. The second-order valence-electron chi connectivity index (χ2n) is 9.98. The van der Waals surface area contributed by atoms with E-state index in [1.807, 2.05) is 60.7 Å². The fourth-order valence-electron chi connectivity index (χ4n) is 3.43. The highest BCUT2D eigenvalue weighted by atomic mass is 32.1. The van der Waals surface area contributed by atoms with Crippen LogP contribution in [-0.2, 0) is 37.0 Å². The van der Waals surface area contributed by atoms with E-state index in [0.717, 1.165) is 22.5 Å². The SMILES string of the molecule is CN(C(=O)OC(C)(C)C)c1ccc(C(=O)N[C@@H](CCC(=O)OCc2ccccc2)C(=O)OCc2ccccc2)s1. The number of hydrogen-bond acceptors (Lipinski definition) is 8. The molecule has 40 heavy (non-hydrogen) atoms. The van der Waals surface area contributed by atoms with Crippen molar-refractivity contribution in [2.24, 2.45) is 0 Å². The fourth-order valence-corrected chi connectivity index (χ4v) is 4.29. The Bertz CT molecular complexity index is 1290. The lowest BCUT2D eigenvalue weighted by Gasteiger charge is -2.23. The number of nitrogens with zero attached hydrogens (tertiary/aromatic N) is 1. The first-order valence-electron chi connectivity index (χ1n) is 12.8. The molecule has 2 aromatic carbocycles. The van der Waals surface area contributed by atoms with Gasteiger partial charge in [-0.05, 0) is 50.5 Å². The minimum atomic E-state index is -1.09. The van der Waals surface area contributed by atoms with Crippen molar-refractivity contribution in [2.45, 2.75) is 58.5 Å². The van der Waals surface area contributed by atoms with E-state index in [1.165, 1.54) is 4.90 Å². The van der Waals surface area contributed by atoms with Gasteiger partial charge in [0.2, 0.25) is 0 Å². The van der Waals surface area contributed by atoms with Crippen molar-refractivity contribution < 1.29 is 33.4 Å². The zero-order valence-electron chi connectivity index (χ0n) is 23.0. The number of anilines is 1. The predicted molar refractivity (Wildman–Crippen MR) is 152 cm³/mol. The van der Waals surface area contributed by atoms with Crippen LogP contribution in [0.2, 0.25) is 0 Å². The zero-order valence-corrected chi connectivity index (χ0v) is 23.9. The van der Waals surface area contributed by atoms with Gasteiger partial charge in [0, 0.05) is 13.5 Å². The Balaban J connectivity index is 1.64. The average molecular weight is 567 g/mol. The van der Waals surface area contributed by atoms with Crippen LogP contribution in [0.4, 0.5) is 9.80 Å². The maximum absolute atomic E-state index is 13.1. The normalized spacial score (nSPS) is 11.7. The van der Waals surface area contributed by atoms with Crippen molar-refractivity contribution in [3.05, 3.63) is 88.8 Å². The number of nitrogens with one attached hydrogen (secondary N) is 1. The molecule has 212 valence electrons. The number of carbonyl (C=O) groups excluding carboxylic acids is 4. The third kappa shape index (κ3) is 9.85. The second kappa shape index (κ2) is 14.3. The van der Waals surface area contributed by atoms with Crippen molar-refractivity contribution in [1.29, 1.82) is 0 Å². The topological polar surface area (TPSA) is 111 Å². The number of esters is 2. The molecule has 0 aliphatic carbocycles. The summed E-state index contributed by atoms with van der Waals surface area (Å²) in [5.74, 6) is -1.71. The van der Waals surface area contributed by atoms with Crippen LogP contribution in [0.5, 0.6) is 0 Å². The van der Waals surface area contributed by atoms with Crippen LogP contribution < -0.4 is 10.2 Å². The molecule has 1 aromatic heterocycles. The summed E-state index contributed by atoms with van der Waals surface area (Å²) in [5.41, 5.74) is 0.961. The first-order chi connectivity index (χ1) is 19.0. The summed E-state index contributed by atoms with van der Waals surface area (Å²) in [7, 11) is 1.55. The Morgan fingerprint density at radius 1 is 0.850 bits per heavy atom. The first-order valence-corrected chi connectivity index (χ1v) is 13.6. The number of amides is 2. The van der Waals surface area contributed by atoms with E-state index < -0.39 is 35.6 Å². The third-order valence-electron chi connectivity index (χ3n) is 5.51. The Labute approximate surface area is 238 Å². The number of benzene rings is 2. The van der Waals surface area contributed by atoms with Crippen LogP contribution in [0.25, 0.3) is 0 Å². The lowest BCUT2D eigenvalue weighted by molar-refractivity contribution is -0.148. The van der Waals surface area contributed by atoms with E-state index in [4.69, 9.17) is 14.2 Å². The molecular weight excluding hydrogens is 532 g/mol. The molecule has 1 N–H and O–H groups in total. The van der Waals surface area contributed by atoms with Gasteiger partial charge >= 0.3 is 18.0 Å². The summed E-state index contributed by atoms with van der Waals surface area (Å²) < 4.78 is 16.1. The summed E-state index contributed by atoms with van der Waals surface area (Å²) in [6.07, 6.45) is -0.670. The quantitative estimate of drug-likeness (QED) is 0.242. The van der Waals surface area contributed by atoms with Gasteiger partial charge < -0.3 is 19.5 Å². The van der Waals surface area contributed by atoms with Gasteiger partial charge in [-0.15, -0.1) is 11.3 Å². The minimum absolute atomic E-state index is 0.0109. The standard InChI is InChI=1S/C30H34N2O7S/c1-30(2,3)39-29(36)32(4)25-17-16-24(40-25)27(34)31-23(28(35)38-20-22-13-9-6-10-14-22)15-18-26(33)37-19-21-11-7-5-8-12-21/h5-14,16-17,23H,15,18-20H2,1-4H3,(H,31,34)/t23-/m0/s1. The van der Waals surface area contributed by atoms with Gasteiger partial charge in [0.1, 0.15) is 29.9 Å². The minimum Gasteiger partial charge on any atom is -0.461 e. The highest BCUT2D eigenvalue weighted by molar-refractivity contribution is 7.18. The molecule has 0 radical (unpaired) electrons. The monoisotopic (exact) mass is 566 g/mol. The summed E-state index contributed by atoms with van der Waals surface area (Å²) in [6.45, 7) is 5.42. The van der Waals surface area contributed by atoms with Gasteiger partial charge in [0.15, 0.2) is 0 Å². The molecule has 1 heterocycles. The molecule has 0 spiro atoms. The molecular formula is C30H34N2O7S. The Morgan fingerprint density at radius 3 is 2.00 bits per heavy atom. The van der Waals surface area contributed by atoms with E-state index in [0.29, 0.717) is 5.00 Å². The first kappa shape index (κ1) is 30.4.